The topological polar surface area (TPSA) is 104 Å². The number of hydrogen-bond donors (Lipinski definition) is 2. The Labute approximate surface area is 150 Å². The molecule has 0 saturated heterocycles. The molecule has 8 heteroatoms. The quantitative estimate of drug-likeness (QED) is 0.746. The molecule has 0 spiro atoms. The average molecular weight is 363 g/mol. The molecule has 0 aliphatic carbocycles. The minimum atomic E-state index is -1.22. The number of rotatable bonds is 8. The summed E-state index contributed by atoms with van der Waals surface area (Å²) in [5.74, 6) is -1.03. The summed E-state index contributed by atoms with van der Waals surface area (Å²) < 4.78 is 0. The van der Waals surface area contributed by atoms with Crippen LogP contribution in [-0.4, -0.2) is 49.7 Å². The Morgan fingerprint density at radius 3 is 2.48 bits per heavy atom. The Hall–Kier alpha value is -2.48. The number of carbonyl (C=O) groups is 2. The zero-order chi connectivity index (χ0) is 18.4. The van der Waals surface area contributed by atoms with Gasteiger partial charge in [-0.2, -0.15) is 0 Å². The third kappa shape index (κ3) is 5.25. The van der Waals surface area contributed by atoms with Crippen LogP contribution in [-0.2, 0) is 11.2 Å². The summed E-state index contributed by atoms with van der Waals surface area (Å²) in [5.41, 5.74) is 1.75. The van der Waals surface area contributed by atoms with Gasteiger partial charge in [-0.15, -0.1) is 11.3 Å². The summed E-state index contributed by atoms with van der Waals surface area (Å²) in [6.45, 7) is 3.85. The summed E-state index contributed by atoms with van der Waals surface area (Å²) in [4.78, 5) is 32.4. The van der Waals surface area contributed by atoms with Crippen molar-refractivity contribution in [2.75, 3.05) is 6.54 Å². The van der Waals surface area contributed by atoms with Crippen molar-refractivity contribution in [2.24, 2.45) is 5.92 Å². The van der Waals surface area contributed by atoms with Crippen molar-refractivity contribution in [3.8, 4) is 11.3 Å². The maximum Gasteiger partial charge on any atom is 0.408 e. The summed E-state index contributed by atoms with van der Waals surface area (Å²) in [6, 6.07) is 2.66. The van der Waals surface area contributed by atoms with E-state index in [0.717, 1.165) is 21.2 Å². The first-order valence-electron chi connectivity index (χ1n) is 7.95. The monoisotopic (exact) mass is 363 g/mol. The van der Waals surface area contributed by atoms with E-state index in [2.05, 4.69) is 9.97 Å². The molecule has 0 fully saturated rings. The van der Waals surface area contributed by atoms with Crippen LogP contribution >= 0.6 is 11.3 Å². The van der Waals surface area contributed by atoms with E-state index in [1.165, 1.54) is 11.3 Å². The number of amides is 1. The van der Waals surface area contributed by atoms with Gasteiger partial charge in [0.1, 0.15) is 6.04 Å². The Balaban J connectivity index is 2.07. The van der Waals surface area contributed by atoms with Gasteiger partial charge in [-0.3, -0.25) is 9.88 Å². The minimum Gasteiger partial charge on any atom is -0.480 e. The van der Waals surface area contributed by atoms with Crippen LogP contribution in [0, 0.1) is 5.92 Å². The first-order chi connectivity index (χ1) is 11.9. The van der Waals surface area contributed by atoms with Crippen molar-refractivity contribution in [1.82, 2.24) is 14.9 Å². The van der Waals surface area contributed by atoms with E-state index in [1.54, 1.807) is 12.4 Å². The van der Waals surface area contributed by atoms with E-state index in [4.69, 9.17) is 0 Å². The van der Waals surface area contributed by atoms with Crippen molar-refractivity contribution >= 4 is 23.4 Å². The van der Waals surface area contributed by atoms with Gasteiger partial charge in [-0.1, -0.05) is 13.8 Å². The predicted octanol–water partition coefficient (Wildman–Crippen LogP) is 3.23. The molecule has 0 bridgehead atoms. The largest absolute Gasteiger partial charge is 0.480 e. The lowest BCUT2D eigenvalue weighted by Gasteiger charge is -2.27. The molecule has 0 aromatic carbocycles. The van der Waals surface area contributed by atoms with E-state index >= 15 is 0 Å². The van der Waals surface area contributed by atoms with Crippen LogP contribution in [0.5, 0.6) is 0 Å². The fourth-order valence-corrected chi connectivity index (χ4v) is 3.29. The number of carboxylic acids is 1. The zero-order valence-corrected chi connectivity index (χ0v) is 14.9. The number of carboxylic acid groups (broad SMARTS) is 2. The van der Waals surface area contributed by atoms with E-state index < -0.39 is 18.1 Å². The number of pyridine rings is 1. The third-order valence-corrected chi connectivity index (χ3v) is 4.60. The van der Waals surface area contributed by atoms with E-state index in [9.17, 15) is 19.8 Å². The first-order valence-corrected chi connectivity index (χ1v) is 8.83. The predicted molar refractivity (Wildman–Crippen MR) is 94.7 cm³/mol. The van der Waals surface area contributed by atoms with Gasteiger partial charge < -0.3 is 10.2 Å². The van der Waals surface area contributed by atoms with Gasteiger partial charge in [-0.25, -0.2) is 14.6 Å². The summed E-state index contributed by atoms with van der Waals surface area (Å²) in [5, 5.41) is 21.4. The molecule has 0 saturated carbocycles. The normalized spacial score (nSPS) is 12.1. The van der Waals surface area contributed by atoms with Crippen LogP contribution in [0.2, 0.25) is 0 Å². The molecule has 2 N–H and O–H groups in total. The second-order valence-electron chi connectivity index (χ2n) is 6.07. The molecule has 7 nitrogen and oxygen atoms in total. The molecule has 25 heavy (non-hydrogen) atoms. The lowest BCUT2D eigenvalue weighted by molar-refractivity contribution is -0.143. The lowest BCUT2D eigenvalue weighted by atomic mass is 10.0. The van der Waals surface area contributed by atoms with Crippen molar-refractivity contribution in [3.63, 3.8) is 0 Å². The summed E-state index contributed by atoms with van der Waals surface area (Å²) in [6.07, 6.45) is 2.80. The molecular formula is C17H21N3O4S. The third-order valence-electron chi connectivity index (χ3n) is 3.70. The molecule has 0 radical (unpaired) electrons. The Morgan fingerprint density at radius 2 is 1.92 bits per heavy atom. The average Bonchev–Trinajstić information content (AvgIpc) is 3.03. The van der Waals surface area contributed by atoms with Crippen molar-refractivity contribution in [3.05, 3.63) is 34.9 Å². The first kappa shape index (κ1) is 18.9. The standard InChI is InChI=1S/C17H21N3O4S/c1-11(2)9-14(16(21)22)20(17(23)24)8-5-15-19-13(10-25-15)12-3-6-18-7-4-12/h3-4,6-7,10-11,14H,5,8-9H2,1-2H3,(H,21,22)(H,23,24). The Morgan fingerprint density at radius 1 is 1.24 bits per heavy atom. The van der Waals surface area contributed by atoms with Crippen LogP contribution in [0.4, 0.5) is 4.79 Å². The highest BCUT2D eigenvalue weighted by Gasteiger charge is 2.30. The molecule has 2 rings (SSSR count). The van der Waals surface area contributed by atoms with Gasteiger partial charge >= 0.3 is 12.1 Å². The second kappa shape index (κ2) is 8.57. The molecule has 0 aliphatic rings. The summed E-state index contributed by atoms with van der Waals surface area (Å²) >= 11 is 1.43. The fraction of sp³-hybridized carbons (Fsp3) is 0.412. The molecule has 1 atom stereocenters. The molecule has 1 unspecified atom stereocenters. The van der Waals surface area contributed by atoms with Gasteiger partial charge in [0.15, 0.2) is 0 Å². The van der Waals surface area contributed by atoms with Gasteiger partial charge in [-0.05, 0) is 24.5 Å². The SMILES string of the molecule is CC(C)CC(C(=O)O)N(CCc1nc(-c2ccncc2)cs1)C(=O)O. The number of hydrogen-bond acceptors (Lipinski definition) is 5. The molecular weight excluding hydrogens is 342 g/mol. The number of nitrogens with zero attached hydrogens (tertiary/aromatic N) is 3. The second-order valence-corrected chi connectivity index (χ2v) is 7.01. The van der Waals surface area contributed by atoms with Crippen molar-refractivity contribution in [2.45, 2.75) is 32.7 Å². The van der Waals surface area contributed by atoms with Crippen molar-refractivity contribution < 1.29 is 19.8 Å². The zero-order valence-electron chi connectivity index (χ0n) is 14.1. The highest BCUT2D eigenvalue weighted by atomic mass is 32.1. The highest BCUT2D eigenvalue weighted by Crippen LogP contribution is 2.22. The van der Waals surface area contributed by atoms with Crippen LogP contribution in [0.15, 0.2) is 29.9 Å². The van der Waals surface area contributed by atoms with Gasteiger partial charge in [0.2, 0.25) is 0 Å². The van der Waals surface area contributed by atoms with Gasteiger partial charge in [0.05, 0.1) is 10.7 Å². The van der Waals surface area contributed by atoms with Crippen LogP contribution in [0.1, 0.15) is 25.3 Å². The summed E-state index contributed by atoms with van der Waals surface area (Å²) in [7, 11) is 0. The number of thiazole rings is 1. The molecule has 134 valence electrons. The molecule has 2 aromatic rings. The van der Waals surface area contributed by atoms with Crippen LogP contribution in [0.3, 0.4) is 0 Å². The van der Waals surface area contributed by atoms with E-state index in [-0.39, 0.29) is 18.9 Å². The minimum absolute atomic E-state index is 0.0844. The molecule has 0 aliphatic heterocycles. The van der Waals surface area contributed by atoms with Crippen molar-refractivity contribution in [1.29, 1.82) is 0 Å². The Kier molecular flexibility index (Phi) is 6.46. The van der Waals surface area contributed by atoms with Gasteiger partial charge in [0.25, 0.3) is 0 Å². The maximum absolute atomic E-state index is 11.5. The van der Waals surface area contributed by atoms with Crippen LogP contribution < -0.4 is 0 Å². The number of aliphatic carboxylic acids is 1. The van der Waals surface area contributed by atoms with Gasteiger partial charge in [0, 0.05) is 36.3 Å². The molecule has 2 aromatic heterocycles. The maximum atomic E-state index is 11.5. The molecule has 2 heterocycles. The molecule has 1 amide bonds. The lowest BCUT2D eigenvalue weighted by Crippen LogP contribution is -2.46. The van der Waals surface area contributed by atoms with Crippen LogP contribution in [0.25, 0.3) is 11.3 Å². The van der Waals surface area contributed by atoms with E-state index in [0.29, 0.717) is 6.42 Å². The van der Waals surface area contributed by atoms with E-state index in [1.807, 2.05) is 31.4 Å². The smallest absolute Gasteiger partial charge is 0.408 e. The number of aromatic nitrogens is 2. The highest BCUT2D eigenvalue weighted by molar-refractivity contribution is 7.09. The fourth-order valence-electron chi connectivity index (χ4n) is 2.49. The Bertz CT molecular complexity index is 718.